The highest BCUT2D eigenvalue weighted by Gasteiger charge is 2.12. The number of amides is 1. The Bertz CT molecular complexity index is 352. The fourth-order valence-electron chi connectivity index (χ4n) is 1.47. The zero-order valence-corrected chi connectivity index (χ0v) is 9.94. The molecule has 0 spiro atoms. The van der Waals surface area contributed by atoms with E-state index in [4.69, 9.17) is 5.73 Å². The van der Waals surface area contributed by atoms with Crippen molar-refractivity contribution in [1.29, 1.82) is 0 Å². The summed E-state index contributed by atoms with van der Waals surface area (Å²) < 4.78 is 0. The number of carbonyl (C=O) groups excluding carboxylic acids is 1. The van der Waals surface area contributed by atoms with Crippen molar-refractivity contribution in [2.45, 2.75) is 26.2 Å². The van der Waals surface area contributed by atoms with Gasteiger partial charge in [0, 0.05) is 13.6 Å². The molecule has 0 aliphatic heterocycles. The van der Waals surface area contributed by atoms with E-state index in [9.17, 15) is 4.79 Å². The average Bonchev–Trinajstić information content (AvgIpc) is 2.28. The molecule has 1 heterocycles. The minimum atomic E-state index is -0.0663. The fourth-order valence-corrected chi connectivity index (χ4v) is 1.47. The van der Waals surface area contributed by atoms with Crippen LogP contribution in [0.4, 0.5) is 5.82 Å². The lowest BCUT2D eigenvalue weighted by atomic mass is 10.2. The van der Waals surface area contributed by atoms with Gasteiger partial charge in [-0.05, 0) is 18.6 Å². The number of rotatable bonds is 5. The first-order chi connectivity index (χ1) is 7.65. The van der Waals surface area contributed by atoms with Gasteiger partial charge in [0.25, 0.3) is 5.91 Å². The van der Waals surface area contributed by atoms with Crippen molar-refractivity contribution < 1.29 is 4.79 Å². The molecule has 1 amide bonds. The largest absolute Gasteiger partial charge is 0.384 e. The van der Waals surface area contributed by atoms with E-state index in [1.165, 1.54) is 0 Å². The van der Waals surface area contributed by atoms with Crippen molar-refractivity contribution in [3.8, 4) is 0 Å². The van der Waals surface area contributed by atoms with Gasteiger partial charge in [-0.15, -0.1) is 0 Å². The van der Waals surface area contributed by atoms with Gasteiger partial charge < -0.3 is 10.6 Å². The Morgan fingerprint density at radius 3 is 2.81 bits per heavy atom. The van der Waals surface area contributed by atoms with Crippen LogP contribution in [0, 0.1) is 0 Å². The monoisotopic (exact) mass is 221 g/mol. The lowest BCUT2D eigenvalue weighted by molar-refractivity contribution is 0.0787. The number of anilines is 1. The minimum Gasteiger partial charge on any atom is -0.384 e. The van der Waals surface area contributed by atoms with E-state index in [1.807, 2.05) is 0 Å². The summed E-state index contributed by atoms with van der Waals surface area (Å²) in [7, 11) is 1.79. The molecule has 4 heteroatoms. The summed E-state index contributed by atoms with van der Waals surface area (Å²) in [4.78, 5) is 17.6. The maximum absolute atomic E-state index is 11.9. The number of hydrogen-bond donors (Lipinski definition) is 1. The Hall–Kier alpha value is -1.58. The normalized spacial score (nSPS) is 10.1. The Kier molecular flexibility index (Phi) is 4.76. The Labute approximate surface area is 96.5 Å². The average molecular weight is 221 g/mol. The number of carbonyl (C=O) groups is 1. The van der Waals surface area contributed by atoms with Gasteiger partial charge in [0.05, 0.1) is 0 Å². The van der Waals surface area contributed by atoms with Crippen molar-refractivity contribution in [1.82, 2.24) is 9.88 Å². The molecule has 0 aromatic carbocycles. The van der Waals surface area contributed by atoms with Gasteiger partial charge in [0.15, 0.2) is 0 Å². The van der Waals surface area contributed by atoms with Crippen molar-refractivity contribution in [3.63, 3.8) is 0 Å². The van der Waals surface area contributed by atoms with Crippen LogP contribution < -0.4 is 5.73 Å². The molecular weight excluding hydrogens is 202 g/mol. The van der Waals surface area contributed by atoms with Gasteiger partial charge in [-0.2, -0.15) is 0 Å². The zero-order valence-electron chi connectivity index (χ0n) is 9.94. The lowest BCUT2D eigenvalue weighted by Crippen LogP contribution is -2.28. The first kappa shape index (κ1) is 12.5. The molecule has 0 radical (unpaired) electrons. The van der Waals surface area contributed by atoms with E-state index in [2.05, 4.69) is 11.9 Å². The highest BCUT2D eigenvalue weighted by molar-refractivity contribution is 5.92. The molecule has 1 aromatic rings. The molecule has 2 N–H and O–H groups in total. The van der Waals surface area contributed by atoms with E-state index < -0.39 is 0 Å². The van der Waals surface area contributed by atoms with Crippen LogP contribution in [0.25, 0.3) is 0 Å². The predicted molar refractivity (Wildman–Crippen MR) is 65.1 cm³/mol. The molecule has 16 heavy (non-hydrogen) atoms. The number of nitrogen functional groups attached to an aromatic ring is 1. The van der Waals surface area contributed by atoms with Gasteiger partial charge in [0.2, 0.25) is 0 Å². The molecule has 88 valence electrons. The molecular formula is C12H19N3O. The van der Waals surface area contributed by atoms with Crippen LogP contribution in [0.15, 0.2) is 18.2 Å². The molecule has 4 nitrogen and oxygen atoms in total. The van der Waals surface area contributed by atoms with Crippen molar-refractivity contribution in [2.24, 2.45) is 0 Å². The summed E-state index contributed by atoms with van der Waals surface area (Å²) in [6, 6.07) is 5.11. The summed E-state index contributed by atoms with van der Waals surface area (Å²) >= 11 is 0. The molecule has 0 fully saturated rings. The quantitative estimate of drug-likeness (QED) is 0.773. The fraction of sp³-hybridized carbons (Fsp3) is 0.500. The number of hydrogen-bond acceptors (Lipinski definition) is 3. The van der Waals surface area contributed by atoms with E-state index in [1.54, 1.807) is 30.1 Å². The van der Waals surface area contributed by atoms with Gasteiger partial charge >= 0.3 is 0 Å². The van der Waals surface area contributed by atoms with Crippen molar-refractivity contribution in [3.05, 3.63) is 23.9 Å². The molecule has 0 saturated carbocycles. The van der Waals surface area contributed by atoms with E-state index in [-0.39, 0.29) is 5.91 Å². The SMILES string of the molecule is CCCCCN(C)C(=O)c1cccc(N)n1. The standard InChI is InChI=1S/C12H19N3O/c1-3-4-5-9-15(2)12(16)10-7-6-8-11(13)14-10/h6-8H,3-5,9H2,1-2H3,(H2,13,14). The summed E-state index contributed by atoms with van der Waals surface area (Å²) in [6.45, 7) is 2.91. The number of nitrogens with zero attached hydrogens (tertiary/aromatic N) is 2. The zero-order chi connectivity index (χ0) is 12.0. The number of nitrogens with two attached hydrogens (primary N) is 1. The van der Waals surface area contributed by atoms with Crippen LogP contribution in [0.1, 0.15) is 36.7 Å². The number of unbranched alkanes of at least 4 members (excludes halogenated alkanes) is 2. The second kappa shape index (κ2) is 6.10. The highest BCUT2D eigenvalue weighted by Crippen LogP contribution is 2.05. The Balaban J connectivity index is 2.56. The van der Waals surface area contributed by atoms with Crippen molar-refractivity contribution >= 4 is 11.7 Å². The molecule has 0 unspecified atom stereocenters. The van der Waals surface area contributed by atoms with Gasteiger partial charge in [0.1, 0.15) is 11.5 Å². The summed E-state index contributed by atoms with van der Waals surface area (Å²) in [6.07, 6.45) is 3.32. The van der Waals surface area contributed by atoms with Gasteiger partial charge in [-0.1, -0.05) is 25.8 Å². The molecule has 0 saturated heterocycles. The third-order valence-electron chi connectivity index (χ3n) is 2.43. The van der Waals surface area contributed by atoms with Crippen LogP contribution >= 0.6 is 0 Å². The van der Waals surface area contributed by atoms with Crippen LogP contribution in [0.2, 0.25) is 0 Å². The minimum absolute atomic E-state index is 0.0663. The maximum atomic E-state index is 11.9. The van der Waals surface area contributed by atoms with E-state index >= 15 is 0 Å². The summed E-state index contributed by atoms with van der Waals surface area (Å²) in [5, 5.41) is 0. The Morgan fingerprint density at radius 1 is 1.44 bits per heavy atom. The first-order valence-corrected chi connectivity index (χ1v) is 5.63. The summed E-state index contributed by atoms with van der Waals surface area (Å²) in [5.41, 5.74) is 5.95. The van der Waals surface area contributed by atoms with Crippen LogP contribution in [0.5, 0.6) is 0 Å². The maximum Gasteiger partial charge on any atom is 0.272 e. The third kappa shape index (κ3) is 3.53. The third-order valence-corrected chi connectivity index (χ3v) is 2.43. The predicted octanol–water partition coefficient (Wildman–Crippen LogP) is 1.93. The van der Waals surface area contributed by atoms with Crippen LogP contribution in [-0.2, 0) is 0 Å². The molecule has 1 aromatic heterocycles. The van der Waals surface area contributed by atoms with Gasteiger partial charge in [-0.3, -0.25) is 4.79 Å². The number of pyridine rings is 1. The van der Waals surface area contributed by atoms with E-state index in [0.717, 1.165) is 25.8 Å². The Morgan fingerprint density at radius 2 is 2.19 bits per heavy atom. The molecule has 0 atom stereocenters. The number of aromatic nitrogens is 1. The van der Waals surface area contributed by atoms with Crippen LogP contribution in [-0.4, -0.2) is 29.4 Å². The second-order valence-electron chi connectivity index (χ2n) is 3.88. The van der Waals surface area contributed by atoms with Crippen LogP contribution in [0.3, 0.4) is 0 Å². The lowest BCUT2D eigenvalue weighted by Gasteiger charge is -2.16. The van der Waals surface area contributed by atoms with Gasteiger partial charge in [-0.25, -0.2) is 4.98 Å². The summed E-state index contributed by atoms with van der Waals surface area (Å²) in [5.74, 6) is 0.316. The smallest absolute Gasteiger partial charge is 0.272 e. The molecule has 0 aliphatic rings. The molecule has 0 bridgehead atoms. The topological polar surface area (TPSA) is 59.2 Å². The highest BCUT2D eigenvalue weighted by atomic mass is 16.2. The van der Waals surface area contributed by atoms with E-state index in [0.29, 0.717) is 11.5 Å². The molecule has 0 aliphatic carbocycles. The van der Waals surface area contributed by atoms with Crippen molar-refractivity contribution in [2.75, 3.05) is 19.3 Å². The first-order valence-electron chi connectivity index (χ1n) is 5.63. The molecule has 1 rings (SSSR count). The second-order valence-corrected chi connectivity index (χ2v) is 3.88.